The van der Waals surface area contributed by atoms with Gasteiger partial charge < -0.3 is 0 Å². The minimum atomic E-state index is 0.0638. The second kappa shape index (κ2) is 6.38. The Kier molecular flexibility index (Phi) is 4.16. The average Bonchev–Trinajstić information content (AvgIpc) is 2.71. The fourth-order valence-electron chi connectivity index (χ4n) is 5.57. The van der Waals surface area contributed by atoms with Gasteiger partial charge in [-0.05, 0) is 79.1 Å². The van der Waals surface area contributed by atoms with Crippen molar-refractivity contribution < 1.29 is 0 Å². The number of hydrogen-bond acceptors (Lipinski definition) is 2. The molecule has 0 radical (unpaired) electrons. The van der Waals surface area contributed by atoms with Crippen LogP contribution >= 0.6 is 0 Å². The van der Waals surface area contributed by atoms with Crippen LogP contribution in [0, 0.1) is 11.8 Å². The Labute approximate surface area is 185 Å². The van der Waals surface area contributed by atoms with E-state index in [1.807, 2.05) is 6.07 Å². The highest BCUT2D eigenvalue weighted by molar-refractivity contribution is 5.75. The summed E-state index contributed by atoms with van der Waals surface area (Å²) in [4.78, 5) is 11.9. The molecule has 2 nitrogen and oxygen atoms in total. The van der Waals surface area contributed by atoms with E-state index < -0.39 is 0 Å². The van der Waals surface area contributed by atoms with Crippen molar-refractivity contribution in [2.75, 3.05) is 0 Å². The molecule has 3 aromatic carbocycles. The second-order valence-electron chi connectivity index (χ2n) is 11.4. The molecule has 0 aliphatic heterocycles. The first kappa shape index (κ1) is 20.2. The summed E-state index contributed by atoms with van der Waals surface area (Å²) in [5.41, 5.74) is 12.6. The van der Waals surface area contributed by atoms with E-state index in [-0.39, 0.29) is 22.7 Å². The normalized spacial score (nSPS) is 18.9. The van der Waals surface area contributed by atoms with E-state index in [1.165, 1.54) is 44.5 Å². The molecular formula is C29H31NO. The lowest BCUT2D eigenvalue weighted by molar-refractivity contribution is 0.583. The first-order valence-electron chi connectivity index (χ1n) is 11.3. The van der Waals surface area contributed by atoms with Gasteiger partial charge >= 0.3 is 0 Å². The van der Waals surface area contributed by atoms with E-state index >= 15 is 0 Å². The van der Waals surface area contributed by atoms with Gasteiger partial charge in [0.2, 0.25) is 0 Å². The molecule has 31 heavy (non-hydrogen) atoms. The van der Waals surface area contributed by atoms with Gasteiger partial charge in [0.1, 0.15) is 5.69 Å². The summed E-state index contributed by atoms with van der Waals surface area (Å²) in [5.74, 6) is 0.219. The van der Waals surface area contributed by atoms with Crippen LogP contribution in [0.3, 0.4) is 0 Å². The Morgan fingerprint density at radius 1 is 0.645 bits per heavy atom. The summed E-state index contributed by atoms with van der Waals surface area (Å²) in [5, 5.41) is 3.47. The molecule has 158 valence electrons. The molecule has 0 saturated heterocycles. The van der Waals surface area contributed by atoms with Crippen LogP contribution in [-0.2, 0) is 10.8 Å². The van der Waals surface area contributed by atoms with E-state index in [4.69, 9.17) is 0 Å². The molecule has 6 rings (SSSR count). The lowest BCUT2D eigenvalue weighted by atomic mass is 9.59. The zero-order valence-electron chi connectivity index (χ0n) is 19.6. The molecule has 0 spiro atoms. The quantitative estimate of drug-likeness (QED) is 0.258. The van der Waals surface area contributed by atoms with Crippen LogP contribution in [0.15, 0.2) is 53.7 Å². The zero-order chi connectivity index (χ0) is 22.3. The highest BCUT2D eigenvalue weighted by Gasteiger charge is 2.44. The van der Waals surface area contributed by atoms with E-state index in [9.17, 15) is 4.91 Å². The minimum absolute atomic E-state index is 0.0638. The number of aryl methyl sites for hydroxylation is 1. The molecule has 0 aromatic heterocycles. The highest BCUT2D eigenvalue weighted by atomic mass is 16.3. The summed E-state index contributed by atoms with van der Waals surface area (Å²) in [6.07, 6.45) is 0. The van der Waals surface area contributed by atoms with Gasteiger partial charge in [-0.2, -0.15) is 0 Å². The molecule has 3 aromatic rings. The van der Waals surface area contributed by atoms with Crippen molar-refractivity contribution in [3.05, 3.63) is 104 Å². The van der Waals surface area contributed by atoms with Crippen molar-refractivity contribution in [1.29, 1.82) is 0 Å². The van der Waals surface area contributed by atoms with Crippen molar-refractivity contribution in [2.24, 2.45) is 5.18 Å². The van der Waals surface area contributed by atoms with Crippen molar-refractivity contribution in [2.45, 2.75) is 71.1 Å². The van der Waals surface area contributed by atoms with Crippen molar-refractivity contribution >= 4 is 5.69 Å². The molecule has 0 N–H and O–H groups in total. The fraction of sp³-hybridized carbons (Fsp3) is 0.379. The summed E-state index contributed by atoms with van der Waals surface area (Å²) >= 11 is 0. The number of nitroso groups, excluding NO2 is 1. The molecule has 2 bridgehead atoms. The molecule has 3 aliphatic rings. The molecule has 2 atom stereocenters. The van der Waals surface area contributed by atoms with Crippen LogP contribution in [-0.4, -0.2) is 0 Å². The Morgan fingerprint density at radius 3 is 1.58 bits per heavy atom. The SMILES string of the molecule is Cc1ccc(N=O)c2c1C1c3cc(C(C)(C)C)ccc3C2c2cc(C(C)(C)C)ccc21. The van der Waals surface area contributed by atoms with Crippen LogP contribution in [0.1, 0.15) is 103 Å². The van der Waals surface area contributed by atoms with E-state index in [0.29, 0.717) is 5.69 Å². The van der Waals surface area contributed by atoms with E-state index in [0.717, 1.165) is 5.56 Å². The minimum Gasteiger partial charge on any atom is -0.145 e. The first-order valence-corrected chi connectivity index (χ1v) is 11.3. The molecule has 0 saturated carbocycles. The molecule has 0 fully saturated rings. The van der Waals surface area contributed by atoms with Gasteiger partial charge in [-0.3, -0.25) is 0 Å². The molecule has 2 heteroatoms. The topological polar surface area (TPSA) is 29.4 Å². The third kappa shape index (κ3) is 2.84. The Bertz CT molecular complexity index is 1240. The maximum absolute atomic E-state index is 11.9. The predicted molar refractivity (Wildman–Crippen MR) is 129 cm³/mol. The standard InChI is InChI=1S/C29H31NO/c1-16-8-13-23(30-31)27-24(16)25-19-11-9-18(29(5,6)7)15-22(19)26(27)20-12-10-17(14-21(20)25)28(2,3)4/h8-15,25-26H,1-7H3. The molecule has 2 unspecified atom stereocenters. The largest absolute Gasteiger partial charge is 0.145 e. The molecule has 3 aliphatic carbocycles. The van der Waals surface area contributed by atoms with E-state index in [1.54, 1.807) is 0 Å². The van der Waals surface area contributed by atoms with Gasteiger partial charge in [0.15, 0.2) is 0 Å². The average molecular weight is 410 g/mol. The molecule has 0 amide bonds. The van der Waals surface area contributed by atoms with Crippen molar-refractivity contribution in [3.8, 4) is 0 Å². The molecule has 0 heterocycles. The highest BCUT2D eigenvalue weighted by Crippen LogP contribution is 2.59. The lowest BCUT2D eigenvalue weighted by Gasteiger charge is -2.44. The summed E-state index contributed by atoms with van der Waals surface area (Å²) in [7, 11) is 0. The number of rotatable bonds is 1. The lowest BCUT2D eigenvalue weighted by Crippen LogP contribution is -2.30. The predicted octanol–water partition coefficient (Wildman–Crippen LogP) is 7.98. The third-order valence-electron chi connectivity index (χ3n) is 7.31. The maximum Gasteiger partial charge on any atom is 0.112 e. The van der Waals surface area contributed by atoms with Gasteiger partial charge in [0, 0.05) is 11.8 Å². The fourth-order valence-corrected chi connectivity index (χ4v) is 5.57. The summed E-state index contributed by atoms with van der Waals surface area (Å²) < 4.78 is 0. The van der Waals surface area contributed by atoms with Crippen molar-refractivity contribution in [1.82, 2.24) is 0 Å². The number of nitrogens with zero attached hydrogens (tertiary/aromatic N) is 1. The first-order chi connectivity index (χ1) is 14.5. The Hall–Kier alpha value is -2.74. The van der Waals surface area contributed by atoms with Crippen LogP contribution in [0.2, 0.25) is 0 Å². The van der Waals surface area contributed by atoms with Gasteiger partial charge in [0.25, 0.3) is 0 Å². The Morgan fingerprint density at radius 2 is 1.13 bits per heavy atom. The monoisotopic (exact) mass is 409 g/mol. The zero-order valence-corrected chi connectivity index (χ0v) is 19.6. The second-order valence-corrected chi connectivity index (χ2v) is 11.4. The number of benzene rings is 3. The Balaban J connectivity index is 1.86. The molecular weight excluding hydrogens is 378 g/mol. The smallest absolute Gasteiger partial charge is 0.112 e. The van der Waals surface area contributed by atoms with Crippen LogP contribution in [0.25, 0.3) is 0 Å². The van der Waals surface area contributed by atoms with Crippen LogP contribution in [0.5, 0.6) is 0 Å². The third-order valence-corrected chi connectivity index (χ3v) is 7.31. The van der Waals surface area contributed by atoms with Crippen LogP contribution in [0.4, 0.5) is 5.69 Å². The maximum atomic E-state index is 11.9. The number of hydrogen-bond donors (Lipinski definition) is 0. The van der Waals surface area contributed by atoms with Crippen LogP contribution < -0.4 is 0 Å². The van der Waals surface area contributed by atoms with Gasteiger partial charge in [-0.25, -0.2) is 0 Å². The van der Waals surface area contributed by atoms with Gasteiger partial charge in [-0.1, -0.05) is 84.0 Å². The summed E-state index contributed by atoms with van der Waals surface area (Å²) in [6.45, 7) is 15.8. The van der Waals surface area contributed by atoms with E-state index in [2.05, 4.69) is 96.1 Å². The van der Waals surface area contributed by atoms with Gasteiger partial charge in [0.05, 0.1) is 0 Å². The summed E-state index contributed by atoms with van der Waals surface area (Å²) in [6, 6.07) is 18.0. The van der Waals surface area contributed by atoms with Crippen molar-refractivity contribution in [3.63, 3.8) is 0 Å². The van der Waals surface area contributed by atoms with Gasteiger partial charge in [-0.15, -0.1) is 4.91 Å².